The van der Waals surface area contributed by atoms with Gasteiger partial charge in [-0.2, -0.15) is 0 Å². The fraction of sp³-hybridized carbons (Fsp3) is 0.508. The van der Waals surface area contributed by atoms with Crippen LogP contribution in [0.1, 0.15) is 146 Å². The number of aryl methyl sites for hydroxylation is 1. The Kier molecular flexibility index (Phi) is 15.9. The summed E-state index contributed by atoms with van der Waals surface area (Å²) in [5, 5.41) is 28.6. The van der Waals surface area contributed by atoms with Gasteiger partial charge in [-0.3, -0.25) is 24.0 Å². The van der Waals surface area contributed by atoms with Gasteiger partial charge in [0.05, 0.1) is 17.6 Å². The van der Waals surface area contributed by atoms with E-state index in [0.29, 0.717) is 41.4 Å². The molecule has 13 heteroatoms. The van der Waals surface area contributed by atoms with Crippen LogP contribution in [0.3, 0.4) is 0 Å². The lowest BCUT2D eigenvalue weighted by Gasteiger charge is -2.64. The van der Waals surface area contributed by atoms with Gasteiger partial charge in [-0.1, -0.05) is 121 Å². The quantitative estimate of drug-likeness (QED) is 0.0485. The Morgan fingerprint density at radius 1 is 0.847 bits per heavy atom. The van der Waals surface area contributed by atoms with E-state index in [1.807, 2.05) is 19.1 Å². The van der Waals surface area contributed by atoms with Crippen molar-refractivity contribution >= 4 is 36.4 Å². The minimum absolute atomic E-state index is 0.0263. The van der Waals surface area contributed by atoms with E-state index in [1.165, 1.54) is 22.6 Å². The number of rotatable bonds is 16. The highest BCUT2D eigenvalue weighted by Gasteiger charge is 2.68. The molecule has 3 amide bonds. The summed E-state index contributed by atoms with van der Waals surface area (Å²) in [4.78, 5) is 73.7. The SMILES string of the molecule is CCCCC[C@H](CC(=O)c1ccc(-c2ccc(CCCC)cc2)cc1)C(=O)N(C)[C@@H]1C(=O)C[C@@H](C)C(=O)N[C@H](C(=O)N[C@@H](C)B2O[C@@H]3C[C@@H]4C[C@@H](C4(C)C)[C@]3(C)O2)Cc2ccc(O)c(c2)-c2cc1ccc2O. The van der Waals surface area contributed by atoms with Crippen molar-refractivity contribution in [2.45, 2.75) is 155 Å². The Bertz CT molecular complexity index is 2650. The van der Waals surface area contributed by atoms with Crippen LogP contribution in [0.15, 0.2) is 84.9 Å². The van der Waals surface area contributed by atoms with Crippen molar-refractivity contribution in [3.63, 3.8) is 0 Å². The second-order valence-corrected chi connectivity index (χ2v) is 22.1. The van der Waals surface area contributed by atoms with E-state index in [-0.39, 0.29) is 59.2 Å². The third-order valence-corrected chi connectivity index (χ3v) is 16.8. The van der Waals surface area contributed by atoms with Crippen molar-refractivity contribution in [3.8, 4) is 33.8 Å². The first-order valence-corrected chi connectivity index (χ1v) is 26.4. The van der Waals surface area contributed by atoms with Crippen LogP contribution >= 0.6 is 0 Å². The predicted molar refractivity (Wildman–Crippen MR) is 280 cm³/mol. The first-order chi connectivity index (χ1) is 34.3. The Morgan fingerprint density at radius 3 is 2.17 bits per heavy atom. The van der Waals surface area contributed by atoms with E-state index in [9.17, 15) is 34.2 Å². The van der Waals surface area contributed by atoms with Gasteiger partial charge >= 0.3 is 7.12 Å². The predicted octanol–water partition coefficient (Wildman–Crippen LogP) is 10.2. The lowest BCUT2D eigenvalue weighted by atomic mass is 9.43. The van der Waals surface area contributed by atoms with Crippen molar-refractivity contribution in [1.82, 2.24) is 15.5 Å². The molecule has 1 saturated heterocycles. The monoisotopic (exact) mass is 980 g/mol. The summed E-state index contributed by atoms with van der Waals surface area (Å²) in [5.41, 5.74) is 4.88. The van der Waals surface area contributed by atoms with Crippen molar-refractivity contribution < 1.29 is 43.5 Å². The number of fused-ring (bicyclic) bond motifs is 5. The number of phenols is 2. The smallest absolute Gasteiger partial charge is 0.481 e. The number of aromatic hydroxyl groups is 2. The molecule has 0 spiro atoms. The number of carbonyl (C=O) groups is 5. The number of phenolic OH excluding ortho intramolecular Hbond substituents is 2. The summed E-state index contributed by atoms with van der Waals surface area (Å²) in [6, 6.07) is 23.0. The van der Waals surface area contributed by atoms with Gasteiger partial charge in [-0.15, -0.1) is 0 Å². The zero-order valence-electron chi connectivity index (χ0n) is 43.5. The Labute approximate surface area is 426 Å². The fourth-order valence-electron chi connectivity index (χ4n) is 12.1. The molecule has 12 nitrogen and oxygen atoms in total. The number of unbranched alkanes of at least 4 members (excludes halogenated alkanes) is 3. The van der Waals surface area contributed by atoms with Gasteiger partial charge in [0, 0.05) is 54.8 Å². The average Bonchev–Trinajstić information content (AvgIpc) is 3.73. The molecular weight excluding hydrogens is 905 g/mol. The average molecular weight is 980 g/mol. The summed E-state index contributed by atoms with van der Waals surface area (Å²) in [6.07, 6.45) is 7.74. The zero-order chi connectivity index (χ0) is 51.6. The van der Waals surface area contributed by atoms with Crippen LogP contribution in [-0.4, -0.2) is 82.3 Å². The van der Waals surface area contributed by atoms with Gasteiger partial charge in [0.1, 0.15) is 23.6 Å². The standard InChI is InChI=1S/C59H74BN3O9/c1-9-11-13-15-43(32-50(66)41-23-21-40(22-24-41)39-19-16-37(17-20-39)14-12-10-2)57(70)63(8)54-42-25-27-49(65)46(31-42)45-29-38(18-26-48(45)64)30-47(62-55(68)35(3)28-51(54)67)56(69)61-36(4)60-71-53-34-44-33-52(58(44,5)6)59(53,7)72-60/h16-27,29,31,35-36,43-44,47,52-54,64-65H,9-15,28,30,32-34H2,1-8H3,(H,61,69)(H,62,68)/t35-,36+,43-,44+,47+,52+,53-,54+,59+/m1/s1. The number of hydrogen-bond acceptors (Lipinski definition) is 9. The molecule has 72 heavy (non-hydrogen) atoms. The largest absolute Gasteiger partial charge is 0.507 e. The second-order valence-electron chi connectivity index (χ2n) is 22.1. The van der Waals surface area contributed by atoms with Crippen LogP contribution in [0.25, 0.3) is 22.3 Å². The van der Waals surface area contributed by atoms with E-state index in [2.05, 4.69) is 69.5 Å². The zero-order valence-corrected chi connectivity index (χ0v) is 43.5. The number of amides is 3. The maximum atomic E-state index is 14.9. The molecule has 3 aliphatic carbocycles. The summed E-state index contributed by atoms with van der Waals surface area (Å²) in [7, 11) is 0.846. The number of Topliss-reactive ketones (excluding diaryl/α,β-unsaturated/α-hetero) is 2. The Hall–Kier alpha value is -5.79. The van der Waals surface area contributed by atoms with Gasteiger partial charge in [-0.25, -0.2) is 0 Å². The molecule has 4 fully saturated rings. The first-order valence-electron chi connectivity index (χ1n) is 26.4. The van der Waals surface area contributed by atoms with Gasteiger partial charge in [-0.05, 0) is 115 Å². The molecular formula is C59H74BN3O9. The molecule has 9 atom stereocenters. The molecule has 4 aromatic rings. The number of carbonyl (C=O) groups excluding carboxylic acids is 5. The molecule has 0 radical (unpaired) electrons. The van der Waals surface area contributed by atoms with Crippen LogP contribution in [0.4, 0.5) is 0 Å². The third kappa shape index (κ3) is 10.8. The molecule has 9 rings (SSSR count). The number of ketones is 2. The lowest BCUT2D eigenvalue weighted by Crippen LogP contribution is -2.65. The number of nitrogens with zero attached hydrogens (tertiary/aromatic N) is 1. The number of likely N-dealkylation sites (N-methyl/N-ethyl adjacent to an activating group) is 1. The summed E-state index contributed by atoms with van der Waals surface area (Å²) < 4.78 is 13.1. The number of benzene rings is 4. The normalized spacial score (nSPS) is 25.2. The van der Waals surface area contributed by atoms with E-state index in [1.54, 1.807) is 50.4 Å². The van der Waals surface area contributed by atoms with E-state index in [4.69, 9.17) is 9.31 Å². The lowest BCUT2D eigenvalue weighted by molar-refractivity contribution is -0.199. The molecule has 2 aliphatic heterocycles. The number of nitrogens with one attached hydrogen (secondary N) is 2. The van der Waals surface area contributed by atoms with Crippen molar-refractivity contribution in [2.24, 2.45) is 29.1 Å². The van der Waals surface area contributed by atoms with Crippen LogP contribution in [0.2, 0.25) is 0 Å². The maximum absolute atomic E-state index is 14.9. The molecule has 0 unspecified atom stereocenters. The highest BCUT2D eigenvalue weighted by molar-refractivity contribution is 6.47. The van der Waals surface area contributed by atoms with Crippen LogP contribution in [0.5, 0.6) is 11.5 Å². The van der Waals surface area contributed by atoms with Crippen molar-refractivity contribution in [2.75, 3.05) is 7.05 Å². The fourth-order valence-corrected chi connectivity index (χ4v) is 12.1. The summed E-state index contributed by atoms with van der Waals surface area (Å²) in [5.74, 6) is -3.73. The minimum Gasteiger partial charge on any atom is -0.507 e. The summed E-state index contributed by atoms with van der Waals surface area (Å²) in [6.45, 7) is 14.4. The van der Waals surface area contributed by atoms with Crippen LogP contribution in [-0.2, 0) is 41.3 Å². The van der Waals surface area contributed by atoms with E-state index < -0.39 is 66.1 Å². The molecule has 3 saturated carbocycles. The highest BCUT2D eigenvalue weighted by Crippen LogP contribution is 2.65. The summed E-state index contributed by atoms with van der Waals surface area (Å²) >= 11 is 0. The van der Waals surface area contributed by atoms with Crippen molar-refractivity contribution in [1.29, 1.82) is 0 Å². The third-order valence-electron chi connectivity index (χ3n) is 16.8. The molecule has 2 heterocycles. The number of hydrogen-bond donors (Lipinski definition) is 4. The minimum atomic E-state index is -1.23. The molecule has 6 bridgehead atoms. The van der Waals surface area contributed by atoms with Crippen LogP contribution in [0, 0.1) is 29.1 Å². The molecule has 5 aliphatic rings. The molecule has 382 valence electrons. The topological polar surface area (TPSA) is 172 Å². The Balaban J connectivity index is 1.03. The van der Waals surface area contributed by atoms with E-state index in [0.717, 1.165) is 56.1 Å². The highest BCUT2D eigenvalue weighted by atomic mass is 16.7. The van der Waals surface area contributed by atoms with Crippen molar-refractivity contribution in [3.05, 3.63) is 107 Å². The molecule has 0 aromatic heterocycles. The second kappa shape index (κ2) is 21.7. The molecule has 4 aromatic carbocycles. The van der Waals surface area contributed by atoms with Gasteiger partial charge < -0.3 is 35.1 Å². The van der Waals surface area contributed by atoms with Gasteiger partial charge in [0.25, 0.3) is 0 Å². The van der Waals surface area contributed by atoms with Gasteiger partial charge in [0.15, 0.2) is 11.6 Å². The maximum Gasteiger partial charge on any atom is 0.481 e. The first kappa shape index (κ1) is 52.5. The van der Waals surface area contributed by atoms with Crippen LogP contribution < -0.4 is 10.6 Å². The molecule has 4 N–H and O–H groups in total. The van der Waals surface area contributed by atoms with Gasteiger partial charge in [0.2, 0.25) is 17.7 Å². The Morgan fingerprint density at radius 2 is 1.50 bits per heavy atom. The van der Waals surface area contributed by atoms with E-state index >= 15 is 0 Å².